The Hall–Kier alpha value is -0.380. The molecule has 1 atom stereocenters. The molecule has 1 aromatic carbocycles. The Morgan fingerprint density at radius 2 is 2.29 bits per heavy atom. The molecule has 2 nitrogen and oxygen atoms in total. The molecular weight excluding hydrogens is 276 g/mol. The van der Waals surface area contributed by atoms with Crippen LogP contribution in [0.25, 0.3) is 0 Å². The molecule has 0 amide bonds. The van der Waals surface area contributed by atoms with Crippen molar-refractivity contribution in [2.45, 2.75) is 25.8 Å². The Morgan fingerprint density at radius 1 is 1.47 bits per heavy atom. The first kappa shape index (κ1) is 13.1. The summed E-state index contributed by atoms with van der Waals surface area (Å²) in [5.74, 6) is 0. The maximum absolute atomic E-state index is 3.67. The molecule has 17 heavy (non-hydrogen) atoms. The summed E-state index contributed by atoms with van der Waals surface area (Å²) in [6.07, 6.45) is 2.44. The van der Waals surface area contributed by atoms with Gasteiger partial charge in [-0.1, -0.05) is 28.9 Å². The van der Waals surface area contributed by atoms with E-state index in [0.717, 1.165) is 19.6 Å². The number of likely N-dealkylation sites (N-methyl/N-ethyl adjacent to an activating group) is 1. The third-order valence-electron chi connectivity index (χ3n) is 3.61. The minimum Gasteiger partial charge on any atom is -0.309 e. The van der Waals surface area contributed by atoms with E-state index >= 15 is 0 Å². The molecule has 1 aliphatic rings. The van der Waals surface area contributed by atoms with Crippen molar-refractivity contribution < 1.29 is 0 Å². The lowest BCUT2D eigenvalue weighted by molar-refractivity contribution is 0.339. The number of rotatable bonds is 5. The highest BCUT2D eigenvalue weighted by Gasteiger charge is 2.21. The number of halogens is 1. The van der Waals surface area contributed by atoms with Gasteiger partial charge in [-0.05, 0) is 49.7 Å². The van der Waals surface area contributed by atoms with Crippen LogP contribution in [0.4, 0.5) is 0 Å². The van der Waals surface area contributed by atoms with E-state index in [-0.39, 0.29) is 0 Å². The van der Waals surface area contributed by atoms with Crippen molar-refractivity contribution in [1.82, 2.24) is 10.2 Å². The Bertz CT molecular complexity index is 378. The van der Waals surface area contributed by atoms with Crippen molar-refractivity contribution in [3.05, 3.63) is 33.8 Å². The van der Waals surface area contributed by atoms with Crippen LogP contribution in [-0.2, 0) is 6.42 Å². The Balaban J connectivity index is 1.89. The number of hydrogen-bond acceptors (Lipinski definition) is 2. The third-order valence-corrected chi connectivity index (χ3v) is 4.10. The molecule has 0 radical (unpaired) electrons. The van der Waals surface area contributed by atoms with Gasteiger partial charge in [0, 0.05) is 23.6 Å². The van der Waals surface area contributed by atoms with E-state index in [2.05, 4.69) is 58.3 Å². The molecule has 1 unspecified atom stereocenters. The monoisotopic (exact) mass is 296 g/mol. The standard InChI is InChI=1S/C14H21BrN2/c1-3-17(2)9-8-16-14-7-4-11-10-12(15)5-6-13(11)14/h5-6,10,14,16H,3-4,7-9H2,1-2H3. The molecule has 1 aliphatic carbocycles. The molecule has 0 aromatic heterocycles. The van der Waals surface area contributed by atoms with Crippen molar-refractivity contribution in [3.8, 4) is 0 Å². The van der Waals surface area contributed by atoms with Gasteiger partial charge in [-0.15, -0.1) is 0 Å². The van der Waals surface area contributed by atoms with E-state index < -0.39 is 0 Å². The molecule has 94 valence electrons. The second-order valence-electron chi connectivity index (χ2n) is 4.78. The zero-order valence-electron chi connectivity index (χ0n) is 10.7. The summed E-state index contributed by atoms with van der Waals surface area (Å²) < 4.78 is 1.20. The van der Waals surface area contributed by atoms with Gasteiger partial charge < -0.3 is 10.2 Å². The van der Waals surface area contributed by atoms with Crippen LogP contribution in [0.1, 0.15) is 30.5 Å². The Morgan fingerprint density at radius 3 is 3.06 bits per heavy atom. The van der Waals surface area contributed by atoms with E-state index in [1.54, 1.807) is 0 Å². The van der Waals surface area contributed by atoms with Crippen LogP contribution in [0.15, 0.2) is 22.7 Å². The molecule has 0 spiro atoms. The summed E-state index contributed by atoms with van der Waals surface area (Å²) in [4.78, 5) is 2.34. The van der Waals surface area contributed by atoms with E-state index in [4.69, 9.17) is 0 Å². The van der Waals surface area contributed by atoms with Gasteiger partial charge in [-0.2, -0.15) is 0 Å². The number of benzene rings is 1. The van der Waals surface area contributed by atoms with Crippen LogP contribution in [0.3, 0.4) is 0 Å². The molecule has 0 aliphatic heterocycles. The van der Waals surface area contributed by atoms with Crippen molar-refractivity contribution in [2.24, 2.45) is 0 Å². The van der Waals surface area contributed by atoms with Crippen LogP contribution >= 0.6 is 15.9 Å². The SMILES string of the molecule is CCN(C)CCNC1CCc2cc(Br)ccc21. The molecule has 1 aromatic rings. The molecule has 0 bridgehead atoms. The fourth-order valence-electron chi connectivity index (χ4n) is 2.39. The predicted octanol–water partition coefficient (Wildman–Crippen LogP) is 2.98. The van der Waals surface area contributed by atoms with E-state index in [0.29, 0.717) is 6.04 Å². The van der Waals surface area contributed by atoms with Gasteiger partial charge in [-0.25, -0.2) is 0 Å². The fourth-order valence-corrected chi connectivity index (χ4v) is 2.79. The van der Waals surface area contributed by atoms with Gasteiger partial charge in [0.05, 0.1) is 0 Å². The summed E-state index contributed by atoms with van der Waals surface area (Å²) in [7, 11) is 2.17. The van der Waals surface area contributed by atoms with Crippen molar-refractivity contribution in [1.29, 1.82) is 0 Å². The highest BCUT2D eigenvalue weighted by molar-refractivity contribution is 9.10. The maximum Gasteiger partial charge on any atom is 0.0326 e. The topological polar surface area (TPSA) is 15.3 Å². The molecule has 3 heteroatoms. The minimum absolute atomic E-state index is 0.559. The summed E-state index contributed by atoms with van der Waals surface area (Å²) in [5, 5.41) is 3.67. The molecule has 2 rings (SSSR count). The van der Waals surface area contributed by atoms with Crippen molar-refractivity contribution in [3.63, 3.8) is 0 Å². The second kappa shape index (κ2) is 5.98. The highest BCUT2D eigenvalue weighted by Crippen LogP contribution is 2.32. The highest BCUT2D eigenvalue weighted by atomic mass is 79.9. The van der Waals surface area contributed by atoms with Gasteiger partial charge in [0.2, 0.25) is 0 Å². The smallest absolute Gasteiger partial charge is 0.0326 e. The van der Waals surface area contributed by atoms with Crippen LogP contribution in [-0.4, -0.2) is 31.6 Å². The number of hydrogen-bond donors (Lipinski definition) is 1. The number of nitrogens with zero attached hydrogens (tertiary/aromatic N) is 1. The molecule has 0 heterocycles. The van der Waals surface area contributed by atoms with Gasteiger partial charge in [0.15, 0.2) is 0 Å². The zero-order valence-corrected chi connectivity index (χ0v) is 12.3. The molecule has 0 saturated heterocycles. The summed E-state index contributed by atoms with van der Waals surface area (Å²) >= 11 is 3.54. The number of nitrogens with one attached hydrogen (secondary N) is 1. The van der Waals surface area contributed by atoms with Crippen molar-refractivity contribution in [2.75, 3.05) is 26.7 Å². The first-order valence-electron chi connectivity index (χ1n) is 6.41. The maximum atomic E-state index is 3.67. The summed E-state index contributed by atoms with van der Waals surface area (Å²) in [6, 6.07) is 7.23. The largest absolute Gasteiger partial charge is 0.309 e. The quantitative estimate of drug-likeness (QED) is 0.899. The first-order valence-corrected chi connectivity index (χ1v) is 7.20. The van der Waals surface area contributed by atoms with Crippen molar-refractivity contribution >= 4 is 15.9 Å². The van der Waals surface area contributed by atoms with E-state index in [1.807, 2.05) is 0 Å². The number of fused-ring (bicyclic) bond motifs is 1. The molecule has 1 N–H and O–H groups in total. The van der Waals surface area contributed by atoms with Gasteiger partial charge in [0.1, 0.15) is 0 Å². The Labute approximate surface area is 113 Å². The van der Waals surface area contributed by atoms with Gasteiger partial charge in [-0.3, -0.25) is 0 Å². The van der Waals surface area contributed by atoms with Crippen LogP contribution in [0.5, 0.6) is 0 Å². The normalized spacial score (nSPS) is 18.7. The minimum atomic E-state index is 0.559. The summed E-state index contributed by atoms with van der Waals surface area (Å²) in [5.41, 5.74) is 2.99. The van der Waals surface area contributed by atoms with Crippen LogP contribution < -0.4 is 5.32 Å². The first-order chi connectivity index (χ1) is 8.20. The van der Waals surface area contributed by atoms with Crippen LogP contribution in [0.2, 0.25) is 0 Å². The van der Waals surface area contributed by atoms with Crippen LogP contribution in [0, 0.1) is 0 Å². The molecule has 0 fully saturated rings. The van der Waals surface area contributed by atoms with Gasteiger partial charge in [0.25, 0.3) is 0 Å². The average Bonchev–Trinajstić information content (AvgIpc) is 2.71. The lowest BCUT2D eigenvalue weighted by Crippen LogP contribution is -2.30. The second-order valence-corrected chi connectivity index (χ2v) is 5.70. The van der Waals surface area contributed by atoms with E-state index in [9.17, 15) is 0 Å². The van der Waals surface area contributed by atoms with Gasteiger partial charge >= 0.3 is 0 Å². The zero-order chi connectivity index (χ0) is 12.3. The average molecular weight is 297 g/mol. The molecular formula is C14H21BrN2. The predicted molar refractivity (Wildman–Crippen MR) is 76.4 cm³/mol. The molecule has 0 saturated carbocycles. The lowest BCUT2D eigenvalue weighted by Gasteiger charge is -2.18. The lowest BCUT2D eigenvalue weighted by atomic mass is 10.1. The Kier molecular flexibility index (Phi) is 4.60. The van der Waals surface area contributed by atoms with E-state index in [1.165, 1.54) is 28.4 Å². The third kappa shape index (κ3) is 3.30. The number of aryl methyl sites for hydroxylation is 1. The summed E-state index contributed by atoms with van der Waals surface area (Å²) in [6.45, 7) is 5.52. The fraction of sp³-hybridized carbons (Fsp3) is 0.571.